The number of benzene rings is 1. The Morgan fingerprint density at radius 3 is 2.68 bits per heavy atom. The number of rotatable bonds is 4. The van der Waals surface area contributed by atoms with Gasteiger partial charge in [-0.2, -0.15) is 0 Å². The van der Waals surface area contributed by atoms with Gasteiger partial charge < -0.3 is 5.32 Å². The van der Waals surface area contributed by atoms with Crippen LogP contribution in [0.25, 0.3) is 22.3 Å². The number of nitrogens with zero attached hydrogens (tertiary/aromatic N) is 3. The largest absolute Gasteiger partial charge is 0.338 e. The molecule has 0 spiro atoms. The molecule has 2 aromatic heterocycles. The smallest absolute Gasteiger partial charge is 0.328 e. The van der Waals surface area contributed by atoms with Crippen molar-refractivity contribution in [1.29, 1.82) is 0 Å². The summed E-state index contributed by atoms with van der Waals surface area (Å²) in [6.45, 7) is 4.59. The number of aryl methyl sites for hydroxylation is 3. The molecule has 0 bridgehead atoms. The lowest BCUT2D eigenvalue weighted by atomic mass is 10.1. The molecule has 8 heteroatoms. The Hall–Kier alpha value is -2.61. The maximum absolute atomic E-state index is 12.1. The summed E-state index contributed by atoms with van der Waals surface area (Å²) in [5, 5.41) is 6.09. The van der Waals surface area contributed by atoms with Crippen LogP contribution in [0.1, 0.15) is 18.2 Å². The van der Waals surface area contributed by atoms with Gasteiger partial charge in [0.15, 0.2) is 5.13 Å². The molecule has 2 heterocycles. The Balaban J connectivity index is 1.94. The Bertz CT molecular complexity index is 999. The molecule has 3 aromatic rings. The van der Waals surface area contributed by atoms with Crippen molar-refractivity contribution < 1.29 is 4.79 Å². The molecule has 3 rings (SSSR count). The number of carbonyl (C=O) groups is 1. The van der Waals surface area contributed by atoms with Crippen molar-refractivity contribution >= 4 is 33.5 Å². The summed E-state index contributed by atoms with van der Waals surface area (Å²) in [6, 6.07) is 5.58. The lowest BCUT2D eigenvalue weighted by Crippen LogP contribution is -2.29. The van der Waals surface area contributed by atoms with Crippen molar-refractivity contribution in [2.75, 3.05) is 11.9 Å². The summed E-state index contributed by atoms with van der Waals surface area (Å²) in [7, 11) is 3.52. The van der Waals surface area contributed by atoms with Gasteiger partial charge in [-0.3, -0.25) is 14.5 Å². The zero-order valence-corrected chi connectivity index (χ0v) is 15.5. The third kappa shape index (κ3) is 3.17. The fraction of sp³-hybridized carbons (Fsp3) is 0.353. The maximum atomic E-state index is 12.1. The first kappa shape index (κ1) is 17.2. The van der Waals surface area contributed by atoms with Crippen LogP contribution < -0.4 is 16.3 Å². The van der Waals surface area contributed by atoms with Gasteiger partial charge in [-0.15, -0.1) is 11.3 Å². The van der Waals surface area contributed by atoms with E-state index in [1.807, 2.05) is 32.0 Å². The van der Waals surface area contributed by atoms with Crippen molar-refractivity contribution in [2.24, 2.45) is 14.1 Å². The molecule has 7 nitrogen and oxygen atoms in total. The molecule has 2 N–H and O–H groups in total. The second-order valence-electron chi connectivity index (χ2n) is 5.91. The quantitative estimate of drug-likeness (QED) is 0.752. The molecule has 0 fully saturated rings. The number of imidazole rings is 1. The summed E-state index contributed by atoms with van der Waals surface area (Å²) in [5.74, 6) is 0. The van der Waals surface area contributed by atoms with E-state index in [9.17, 15) is 9.59 Å². The number of thiazole rings is 1. The fourth-order valence-corrected chi connectivity index (χ4v) is 3.58. The number of hydrogen-bond donors (Lipinski definition) is 2. The van der Waals surface area contributed by atoms with Gasteiger partial charge >= 0.3 is 11.7 Å². The van der Waals surface area contributed by atoms with Crippen LogP contribution in [0.4, 0.5) is 9.93 Å². The molecule has 0 saturated carbocycles. The van der Waals surface area contributed by atoms with Crippen molar-refractivity contribution in [1.82, 2.24) is 19.4 Å². The van der Waals surface area contributed by atoms with Gasteiger partial charge in [0.05, 0.1) is 16.7 Å². The molecule has 132 valence electrons. The van der Waals surface area contributed by atoms with E-state index in [-0.39, 0.29) is 11.7 Å². The van der Waals surface area contributed by atoms with Crippen LogP contribution in [-0.2, 0) is 14.1 Å². The molecule has 25 heavy (non-hydrogen) atoms. The van der Waals surface area contributed by atoms with Crippen molar-refractivity contribution in [3.05, 3.63) is 33.6 Å². The van der Waals surface area contributed by atoms with Crippen LogP contribution in [0.2, 0.25) is 0 Å². The van der Waals surface area contributed by atoms with Crippen molar-refractivity contribution in [3.63, 3.8) is 0 Å². The summed E-state index contributed by atoms with van der Waals surface area (Å²) >= 11 is 1.43. The highest BCUT2D eigenvalue weighted by molar-refractivity contribution is 7.16. The average Bonchev–Trinajstić information content (AvgIpc) is 3.06. The van der Waals surface area contributed by atoms with E-state index in [1.165, 1.54) is 11.3 Å². The standard InChI is InChI=1S/C17H21N5O2S/c1-5-8-18-15(23)20-16-19-14(10(2)25-16)11-6-7-12-13(9-11)22(4)17(24)21(12)3/h6-7,9H,5,8H2,1-4H3,(H2,18,19,20,23). The molecule has 0 aliphatic rings. The van der Waals surface area contributed by atoms with Crippen molar-refractivity contribution in [3.8, 4) is 11.3 Å². The number of urea groups is 1. The van der Waals surface area contributed by atoms with Crippen LogP contribution in [0.15, 0.2) is 23.0 Å². The number of carbonyl (C=O) groups excluding carboxylic acids is 1. The first-order valence-corrected chi connectivity index (χ1v) is 8.92. The highest BCUT2D eigenvalue weighted by Gasteiger charge is 2.14. The lowest BCUT2D eigenvalue weighted by molar-refractivity contribution is 0.252. The van der Waals surface area contributed by atoms with Crippen LogP contribution >= 0.6 is 11.3 Å². The van der Waals surface area contributed by atoms with E-state index >= 15 is 0 Å². The third-order valence-corrected chi connectivity index (χ3v) is 4.98. The minimum absolute atomic E-state index is 0.0582. The van der Waals surface area contributed by atoms with Gasteiger partial charge in [-0.05, 0) is 25.5 Å². The Morgan fingerprint density at radius 1 is 1.24 bits per heavy atom. The summed E-state index contributed by atoms with van der Waals surface area (Å²) in [6.07, 6.45) is 0.880. The van der Waals surface area contributed by atoms with Crippen LogP contribution in [0.5, 0.6) is 0 Å². The summed E-state index contributed by atoms with van der Waals surface area (Å²) in [5.41, 5.74) is 3.41. The van der Waals surface area contributed by atoms with E-state index in [0.29, 0.717) is 11.7 Å². The Kier molecular flexibility index (Phi) is 4.63. The van der Waals surface area contributed by atoms with E-state index in [4.69, 9.17) is 0 Å². The summed E-state index contributed by atoms with van der Waals surface area (Å²) < 4.78 is 3.25. The SMILES string of the molecule is CCCNC(=O)Nc1nc(-c2ccc3c(c2)n(C)c(=O)n3C)c(C)s1. The Labute approximate surface area is 149 Å². The van der Waals surface area contributed by atoms with E-state index in [1.54, 1.807) is 23.2 Å². The zero-order valence-electron chi connectivity index (χ0n) is 14.7. The van der Waals surface area contributed by atoms with E-state index < -0.39 is 0 Å². The normalized spacial score (nSPS) is 11.0. The molecule has 0 aliphatic heterocycles. The summed E-state index contributed by atoms with van der Waals surface area (Å²) in [4.78, 5) is 29.4. The topological polar surface area (TPSA) is 81.0 Å². The second kappa shape index (κ2) is 6.72. The molecule has 2 amide bonds. The van der Waals surface area contributed by atoms with Gasteiger partial charge in [-0.1, -0.05) is 13.0 Å². The monoisotopic (exact) mass is 359 g/mol. The number of aromatic nitrogens is 3. The lowest BCUT2D eigenvalue weighted by Gasteiger charge is -2.03. The highest BCUT2D eigenvalue weighted by atomic mass is 32.1. The molecule has 0 saturated heterocycles. The van der Waals surface area contributed by atoms with Gasteiger partial charge in [-0.25, -0.2) is 14.6 Å². The van der Waals surface area contributed by atoms with E-state index in [0.717, 1.165) is 33.6 Å². The van der Waals surface area contributed by atoms with Gasteiger partial charge in [0, 0.05) is 31.1 Å². The predicted molar refractivity (Wildman–Crippen MR) is 101 cm³/mol. The zero-order chi connectivity index (χ0) is 18.1. The number of hydrogen-bond acceptors (Lipinski definition) is 4. The minimum atomic E-state index is -0.247. The van der Waals surface area contributed by atoms with E-state index in [2.05, 4.69) is 15.6 Å². The van der Waals surface area contributed by atoms with Gasteiger partial charge in [0.25, 0.3) is 0 Å². The molecule has 0 radical (unpaired) electrons. The van der Waals surface area contributed by atoms with Crippen LogP contribution in [0.3, 0.4) is 0 Å². The van der Waals surface area contributed by atoms with Crippen molar-refractivity contribution in [2.45, 2.75) is 20.3 Å². The first-order chi connectivity index (χ1) is 11.9. The third-order valence-electron chi connectivity index (χ3n) is 4.10. The molecule has 0 unspecified atom stereocenters. The molecular formula is C17H21N5O2S. The molecular weight excluding hydrogens is 338 g/mol. The Morgan fingerprint density at radius 2 is 1.96 bits per heavy atom. The highest BCUT2D eigenvalue weighted by Crippen LogP contribution is 2.31. The average molecular weight is 359 g/mol. The molecule has 0 atom stereocenters. The van der Waals surface area contributed by atoms with Crippen LogP contribution in [0, 0.1) is 6.92 Å². The maximum Gasteiger partial charge on any atom is 0.328 e. The van der Waals surface area contributed by atoms with Gasteiger partial charge in [0.2, 0.25) is 0 Å². The van der Waals surface area contributed by atoms with Gasteiger partial charge in [0.1, 0.15) is 0 Å². The molecule has 0 aliphatic carbocycles. The number of fused-ring (bicyclic) bond motifs is 1. The minimum Gasteiger partial charge on any atom is -0.338 e. The number of anilines is 1. The molecule has 1 aromatic carbocycles. The number of nitrogens with one attached hydrogen (secondary N) is 2. The predicted octanol–water partition coefficient (Wildman–Crippen LogP) is 2.84. The first-order valence-electron chi connectivity index (χ1n) is 8.10. The fourth-order valence-electron chi connectivity index (χ4n) is 2.75. The number of amides is 2. The van der Waals surface area contributed by atoms with Crippen LogP contribution in [-0.4, -0.2) is 26.7 Å². The second-order valence-corrected chi connectivity index (χ2v) is 7.11.